The molecule has 1 N–H and O–H groups in total. The van der Waals surface area contributed by atoms with Crippen LogP contribution in [0.2, 0.25) is 10.0 Å². The average Bonchev–Trinajstić information content (AvgIpc) is 2.85. The van der Waals surface area contributed by atoms with Gasteiger partial charge in [-0.15, -0.1) is 0 Å². The highest BCUT2D eigenvalue weighted by atomic mass is 35.5. The van der Waals surface area contributed by atoms with Crippen molar-refractivity contribution in [2.45, 2.75) is 13.8 Å². The zero-order chi connectivity index (χ0) is 18.8. The summed E-state index contributed by atoms with van der Waals surface area (Å²) in [5, 5.41) is 4.30. The molecule has 2 aromatic carbocycles. The van der Waals surface area contributed by atoms with Crippen LogP contribution in [-0.4, -0.2) is 21.8 Å². The van der Waals surface area contributed by atoms with E-state index in [4.69, 9.17) is 35.4 Å². The SMILES string of the molecule is Cc1ccc(NCN2C(=O)/C(=C\c3ccc(Cl)cc3Cl)SC2=S)cc1C. The number of benzene rings is 2. The number of amides is 1. The second-order valence-corrected chi connectivity index (χ2v) is 8.43. The third-order valence-electron chi connectivity index (χ3n) is 4.07. The Morgan fingerprint density at radius 2 is 1.92 bits per heavy atom. The summed E-state index contributed by atoms with van der Waals surface area (Å²) >= 11 is 18.7. The maximum absolute atomic E-state index is 12.7. The molecule has 0 saturated carbocycles. The summed E-state index contributed by atoms with van der Waals surface area (Å²) in [6, 6.07) is 11.3. The molecule has 1 heterocycles. The predicted molar refractivity (Wildman–Crippen MR) is 116 cm³/mol. The van der Waals surface area contributed by atoms with Gasteiger partial charge >= 0.3 is 0 Å². The van der Waals surface area contributed by atoms with Crippen molar-refractivity contribution in [2.24, 2.45) is 0 Å². The molecule has 1 saturated heterocycles. The van der Waals surface area contributed by atoms with Crippen molar-refractivity contribution in [3.63, 3.8) is 0 Å². The second kappa shape index (κ2) is 8.01. The molecule has 0 aromatic heterocycles. The third kappa shape index (κ3) is 4.23. The summed E-state index contributed by atoms with van der Waals surface area (Å²) < 4.78 is 0.516. The first-order valence-electron chi connectivity index (χ1n) is 7.86. The van der Waals surface area contributed by atoms with Crippen LogP contribution in [0.1, 0.15) is 16.7 Å². The standard InChI is InChI=1S/C19H16Cl2N2OS2/c1-11-3-6-15(7-12(11)2)22-10-23-18(24)17(26-19(23)25)8-13-4-5-14(20)9-16(13)21/h3-9,22H,10H2,1-2H3/b17-8+. The van der Waals surface area contributed by atoms with E-state index >= 15 is 0 Å². The maximum Gasteiger partial charge on any atom is 0.267 e. The Hall–Kier alpha value is -1.53. The van der Waals surface area contributed by atoms with Crippen molar-refractivity contribution < 1.29 is 4.79 Å². The molecule has 3 rings (SSSR count). The number of rotatable bonds is 4. The summed E-state index contributed by atoms with van der Waals surface area (Å²) in [4.78, 5) is 14.8. The van der Waals surface area contributed by atoms with Crippen LogP contribution in [0, 0.1) is 13.8 Å². The molecule has 0 spiro atoms. The maximum atomic E-state index is 12.7. The van der Waals surface area contributed by atoms with Crippen molar-refractivity contribution in [3.8, 4) is 0 Å². The highest BCUT2D eigenvalue weighted by Gasteiger charge is 2.31. The van der Waals surface area contributed by atoms with Crippen LogP contribution < -0.4 is 5.32 Å². The number of halogens is 2. The first kappa shape index (κ1) is 19.2. The Morgan fingerprint density at radius 3 is 2.62 bits per heavy atom. The van der Waals surface area contributed by atoms with E-state index in [0.29, 0.717) is 25.9 Å². The Labute approximate surface area is 172 Å². The lowest BCUT2D eigenvalue weighted by molar-refractivity contribution is -0.121. The van der Waals surface area contributed by atoms with E-state index in [1.54, 1.807) is 29.2 Å². The number of carbonyl (C=O) groups excluding carboxylic acids is 1. The van der Waals surface area contributed by atoms with Crippen molar-refractivity contribution in [3.05, 3.63) is 68.0 Å². The van der Waals surface area contributed by atoms with Gasteiger partial charge in [-0.25, -0.2) is 0 Å². The number of hydrogen-bond donors (Lipinski definition) is 1. The fourth-order valence-electron chi connectivity index (χ4n) is 2.42. The van der Waals surface area contributed by atoms with Gasteiger partial charge in [-0.1, -0.05) is 59.3 Å². The molecule has 1 fully saturated rings. The lowest BCUT2D eigenvalue weighted by Crippen LogP contribution is -2.33. The van der Waals surface area contributed by atoms with Gasteiger partial charge in [0.2, 0.25) is 0 Å². The van der Waals surface area contributed by atoms with Gasteiger partial charge in [0.05, 0.1) is 11.6 Å². The molecule has 134 valence electrons. The van der Waals surface area contributed by atoms with Gasteiger partial charge in [0.25, 0.3) is 5.91 Å². The predicted octanol–water partition coefficient (Wildman–Crippen LogP) is 5.88. The lowest BCUT2D eigenvalue weighted by Gasteiger charge is -2.16. The van der Waals surface area contributed by atoms with Gasteiger partial charge in [0.15, 0.2) is 0 Å². The summed E-state index contributed by atoms with van der Waals surface area (Å²) in [7, 11) is 0. The minimum absolute atomic E-state index is 0.137. The number of anilines is 1. The molecule has 26 heavy (non-hydrogen) atoms. The summed E-state index contributed by atoms with van der Waals surface area (Å²) in [6.07, 6.45) is 1.74. The number of hydrogen-bond acceptors (Lipinski definition) is 4. The Bertz CT molecular complexity index is 928. The van der Waals surface area contributed by atoms with Crippen LogP contribution in [-0.2, 0) is 4.79 Å². The third-order valence-corrected chi connectivity index (χ3v) is 6.01. The van der Waals surface area contributed by atoms with E-state index < -0.39 is 0 Å². The van der Waals surface area contributed by atoms with E-state index in [2.05, 4.69) is 25.2 Å². The summed E-state index contributed by atoms with van der Waals surface area (Å²) in [5.74, 6) is -0.137. The summed E-state index contributed by atoms with van der Waals surface area (Å²) in [6.45, 7) is 4.44. The van der Waals surface area contributed by atoms with Gasteiger partial charge in [-0.3, -0.25) is 9.69 Å². The highest BCUT2D eigenvalue weighted by Crippen LogP contribution is 2.34. The Morgan fingerprint density at radius 1 is 1.15 bits per heavy atom. The van der Waals surface area contributed by atoms with Crippen LogP contribution >= 0.6 is 47.2 Å². The van der Waals surface area contributed by atoms with Crippen LogP contribution in [0.15, 0.2) is 41.3 Å². The lowest BCUT2D eigenvalue weighted by atomic mass is 10.1. The fraction of sp³-hybridized carbons (Fsp3) is 0.158. The summed E-state index contributed by atoms with van der Waals surface area (Å²) in [5.41, 5.74) is 4.10. The molecular formula is C19H16Cl2N2OS2. The van der Waals surface area contributed by atoms with Gasteiger partial charge in [0, 0.05) is 15.7 Å². The molecular weight excluding hydrogens is 407 g/mol. The zero-order valence-electron chi connectivity index (χ0n) is 14.2. The molecule has 2 aromatic rings. The normalized spacial score (nSPS) is 15.8. The molecule has 7 heteroatoms. The topological polar surface area (TPSA) is 32.3 Å². The van der Waals surface area contributed by atoms with Crippen LogP contribution in [0.4, 0.5) is 5.69 Å². The molecule has 0 radical (unpaired) electrons. The number of thioether (sulfide) groups is 1. The first-order valence-corrected chi connectivity index (χ1v) is 9.85. The van der Waals surface area contributed by atoms with Crippen molar-refractivity contribution in [1.29, 1.82) is 0 Å². The van der Waals surface area contributed by atoms with E-state index in [-0.39, 0.29) is 5.91 Å². The quantitative estimate of drug-likeness (QED) is 0.492. The van der Waals surface area contributed by atoms with Crippen molar-refractivity contribution >= 4 is 69.2 Å². The zero-order valence-corrected chi connectivity index (χ0v) is 17.3. The largest absolute Gasteiger partial charge is 0.367 e. The average molecular weight is 423 g/mol. The van der Waals surface area contributed by atoms with Gasteiger partial charge in [-0.05, 0) is 60.9 Å². The molecule has 0 aliphatic carbocycles. The number of aryl methyl sites for hydroxylation is 2. The fourth-order valence-corrected chi connectivity index (χ4v) is 4.13. The van der Waals surface area contributed by atoms with Crippen LogP contribution in [0.3, 0.4) is 0 Å². The van der Waals surface area contributed by atoms with Crippen molar-refractivity contribution in [1.82, 2.24) is 4.90 Å². The Kier molecular flexibility index (Phi) is 5.92. The molecule has 1 aliphatic heterocycles. The van der Waals surface area contributed by atoms with Gasteiger partial charge in [-0.2, -0.15) is 0 Å². The minimum atomic E-state index is -0.137. The molecule has 3 nitrogen and oxygen atoms in total. The number of carbonyl (C=O) groups is 1. The van der Waals surface area contributed by atoms with E-state index in [9.17, 15) is 4.79 Å². The minimum Gasteiger partial charge on any atom is -0.367 e. The molecule has 1 amide bonds. The number of nitrogens with zero attached hydrogens (tertiary/aromatic N) is 1. The number of thiocarbonyl (C=S) groups is 1. The highest BCUT2D eigenvalue weighted by molar-refractivity contribution is 8.26. The smallest absolute Gasteiger partial charge is 0.267 e. The van der Waals surface area contributed by atoms with Crippen molar-refractivity contribution in [2.75, 3.05) is 12.0 Å². The van der Waals surface area contributed by atoms with E-state index in [0.717, 1.165) is 11.3 Å². The molecule has 0 bridgehead atoms. The second-order valence-electron chi connectivity index (χ2n) is 5.91. The van der Waals surface area contributed by atoms with E-state index in [1.807, 2.05) is 12.1 Å². The van der Waals surface area contributed by atoms with Crippen LogP contribution in [0.5, 0.6) is 0 Å². The monoisotopic (exact) mass is 422 g/mol. The molecule has 0 unspecified atom stereocenters. The van der Waals surface area contributed by atoms with Crippen LogP contribution in [0.25, 0.3) is 6.08 Å². The first-order chi connectivity index (χ1) is 12.3. The molecule has 0 atom stereocenters. The molecule has 1 aliphatic rings. The van der Waals surface area contributed by atoms with E-state index in [1.165, 1.54) is 22.9 Å². The Balaban J connectivity index is 1.74. The number of nitrogens with one attached hydrogen (secondary N) is 1. The van der Waals surface area contributed by atoms with Gasteiger partial charge < -0.3 is 5.32 Å². The van der Waals surface area contributed by atoms with Gasteiger partial charge in [0.1, 0.15) is 4.32 Å².